The molecular formula is C17H13Cl2NO3. The molecule has 118 valence electrons. The van der Waals surface area contributed by atoms with Crippen LogP contribution >= 0.6 is 23.2 Å². The summed E-state index contributed by atoms with van der Waals surface area (Å²) in [7, 11) is 0. The van der Waals surface area contributed by atoms with Crippen molar-refractivity contribution in [1.82, 2.24) is 0 Å². The smallest absolute Gasteiger partial charge is 0.308 e. The van der Waals surface area contributed by atoms with E-state index in [2.05, 4.69) is 5.32 Å². The Morgan fingerprint density at radius 2 is 1.91 bits per heavy atom. The lowest BCUT2D eigenvalue weighted by molar-refractivity contribution is -0.131. The topological polar surface area (TPSA) is 55.4 Å². The first-order chi connectivity index (χ1) is 10.9. The molecule has 23 heavy (non-hydrogen) atoms. The van der Waals surface area contributed by atoms with Gasteiger partial charge in [0.2, 0.25) is 5.91 Å². The molecule has 0 unspecified atom stereocenters. The van der Waals surface area contributed by atoms with E-state index in [0.29, 0.717) is 21.3 Å². The Balaban J connectivity index is 2.07. The minimum Gasteiger partial charge on any atom is -0.425 e. The fourth-order valence-corrected chi connectivity index (χ4v) is 2.13. The second-order valence-electron chi connectivity index (χ2n) is 4.62. The first-order valence-corrected chi connectivity index (χ1v) is 7.42. The number of halogens is 2. The van der Waals surface area contributed by atoms with Gasteiger partial charge in [-0.05, 0) is 42.0 Å². The van der Waals surface area contributed by atoms with Crippen molar-refractivity contribution in [2.75, 3.05) is 5.32 Å². The molecule has 0 fully saturated rings. The highest BCUT2D eigenvalue weighted by Gasteiger charge is 2.05. The number of esters is 1. The van der Waals surface area contributed by atoms with Gasteiger partial charge in [0.15, 0.2) is 0 Å². The van der Waals surface area contributed by atoms with Crippen molar-refractivity contribution in [3.8, 4) is 5.75 Å². The molecule has 0 saturated carbocycles. The molecule has 0 bridgehead atoms. The normalized spacial score (nSPS) is 10.6. The molecule has 0 spiro atoms. The molecule has 1 amide bonds. The lowest BCUT2D eigenvalue weighted by atomic mass is 10.2. The van der Waals surface area contributed by atoms with Crippen LogP contribution in [0.2, 0.25) is 10.0 Å². The fourth-order valence-electron chi connectivity index (χ4n) is 1.78. The Hall–Kier alpha value is -2.30. The Labute approximate surface area is 143 Å². The molecule has 0 aliphatic heterocycles. The molecular weight excluding hydrogens is 337 g/mol. The second-order valence-corrected chi connectivity index (χ2v) is 5.46. The number of benzene rings is 2. The summed E-state index contributed by atoms with van der Waals surface area (Å²) in [6, 6.07) is 11.7. The third-order valence-corrected chi connectivity index (χ3v) is 3.28. The number of amides is 1. The average Bonchev–Trinajstić information content (AvgIpc) is 2.47. The SMILES string of the molecule is CC(=O)Oc1cc(C=CC(=O)Nc2cccc(Cl)c2)ccc1Cl. The van der Waals surface area contributed by atoms with Crippen LogP contribution in [-0.2, 0) is 9.59 Å². The van der Waals surface area contributed by atoms with Gasteiger partial charge in [-0.25, -0.2) is 0 Å². The zero-order chi connectivity index (χ0) is 16.8. The highest BCUT2D eigenvalue weighted by molar-refractivity contribution is 6.32. The van der Waals surface area contributed by atoms with Crippen molar-refractivity contribution in [3.05, 3.63) is 64.1 Å². The largest absolute Gasteiger partial charge is 0.425 e. The van der Waals surface area contributed by atoms with E-state index >= 15 is 0 Å². The molecule has 2 aromatic carbocycles. The highest BCUT2D eigenvalue weighted by atomic mass is 35.5. The van der Waals surface area contributed by atoms with Gasteiger partial charge in [0.25, 0.3) is 0 Å². The maximum Gasteiger partial charge on any atom is 0.308 e. The molecule has 0 aromatic heterocycles. The van der Waals surface area contributed by atoms with Crippen LogP contribution in [0.1, 0.15) is 12.5 Å². The molecule has 0 heterocycles. The highest BCUT2D eigenvalue weighted by Crippen LogP contribution is 2.26. The molecule has 0 radical (unpaired) electrons. The van der Waals surface area contributed by atoms with E-state index in [1.165, 1.54) is 13.0 Å². The second kappa shape index (κ2) is 7.81. The molecule has 2 aromatic rings. The van der Waals surface area contributed by atoms with Crippen LogP contribution < -0.4 is 10.1 Å². The van der Waals surface area contributed by atoms with E-state index < -0.39 is 5.97 Å². The molecule has 0 aliphatic rings. The summed E-state index contributed by atoms with van der Waals surface area (Å²) >= 11 is 11.8. The number of ether oxygens (including phenoxy) is 1. The number of anilines is 1. The summed E-state index contributed by atoms with van der Waals surface area (Å²) in [6.07, 6.45) is 2.95. The van der Waals surface area contributed by atoms with Crippen molar-refractivity contribution in [2.24, 2.45) is 0 Å². The van der Waals surface area contributed by atoms with Crippen molar-refractivity contribution < 1.29 is 14.3 Å². The number of hydrogen-bond donors (Lipinski definition) is 1. The van der Waals surface area contributed by atoms with Crippen molar-refractivity contribution in [1.29, 1.82) is 0 Å². The van der Waals surface area contributed by atoms with E-state index in [9.17, 15) is 9.59 Å². The average molecular weight is 350 g/mol. The summed E-state index contributed by atoms with van der Waals surface area (Å²) in [5.74, 6) is -0.528. The first-order valence-electron chi connectivity index (χ1n) is 6.66. The standard InChI is InChI=1S/C17H13Cl2NO3/c1-11(21)23-16-9-12(5-7-15(16)19)6-8-17(22)20-14-4-2-3-13(18)10-14/h2-10H,1H3,(H,20,22). The molecule has 0 saturated heterocycles. The number of hydrogen-bond acceptors (Lipinski definition) is 3. The summed E-state index contributed by atoms with van der Waals surface area (Å²) in [5, 5.41) is 3.55. The van der Waals surface area contributed by atoms with Gasteiger partial charge in [0.1, 0.15) is 5.75 Å². The van der Waals surface area contributed by atoms with Crippen molar-refractivity contribution in [3.63, 3.8) is 0 Å². The summed E-state index contributed by atoms with van der Waals surface area (Å²) in [6.45, 7) is 1.29. The predicted molar refractivity (Wildman–Crippen MR) is 91.9 cm³/mol. The van der Waals surface area contributed by atoms with E-state index in [1.807, 2.05) is 0 Å². The Morgan fingerprint density at radius 1 is 1.13 bits per heavy atom. The Kier molecular flexibility index (Phi) is 5.79. The van der Waals surface area contributed by atoms with Crippen LogP contribution in [0.3, 0.4) is 0 Å². The van der Waals surface area contributed by atoms with Gasteiger partial charge in [-0.1, -0.05) is 35.3 Å². The van der Waals surface area contributed by atoms with Crippen LogP contribution in [0.15, 0.2) is 48.5 Å². The van der Waals surface area contributed by atoms with E-state index in [-0.39, 0.29) is 11.7 Å². The monoisotopic (exact) mass is 349 g/mol. The van der Waals surface area contributed by atoms with Crippen LogP contribution in [-0.4, -0.2) is 11.9 Å². The van der Waals surface area contributed by atoms with Crippen LogP contribution in [0.5, 0.6) is 5.75 Å². The number of nitrogens with one attached hydrogen (secondary N) is 1. The molecule has 2 rings (SSSR count). The van der Waals surface area contributed by atoms with Gasteiger partial charge >= 0.3 is 5.97 Å². The van der Waals surface area contributed by atoms with Gasteiger partial charge in [-0.2, -0.15) is 0 Å². The van der Waals surface area contributed by atoms with Crippen molar-refractivity contribution in [2.45, 2.75) is 6.92 Å². The molecule has 0 aliphatic carbocycles. The first kappa shape index (κ1) is 17.1. The maximum atomic E-state index is 11.9. The fraction of sp³-hybridized carbons (Fsp3) is 0.0588. The molecule has 1 N–H and O–H groups in total. The maximum absolute atomic E-state index is 11.9. The third-order valence-electron chi connectivity index (χ3n) is 2.73. The minimum absolute atomic E-state index is 0.247. The number of carbonyl (C=O) groups is 2. The minimum atomic E-state index is -0.466. The number of rotatable bonds is 4. The molecule has 0 atom stereocenters. The van der Waals surface area contributed by atoms with E-state index in [1.54, 1.807) is 48.5 Å². The van der Waals surface area contributed by atoms with Gasteiger partial charge in [-0.15, -0.1) is 0 Å². The van der Waals surface area contributed by atoms with Gasteiger partial charge in [0, 0.05) is 23.7 Å². The van der Waals surface area contributed by atoms with Crippen LogP contribution in [0.4, 0.5) is 5.69 Å². The number of carbonyl (C=O) groups excluding carboxylic acids is 2. The summed E-state index contributed by atoms with van der Waals surface area (Å²) in [4.78, 5) is 22.9. The lowest BCUT2D eigenvalue weighted by Gasteiger charge is -2.05. The zero-order valence-electron chi connectivity index (χ0n) is 12.2. The van der Waals surface area contributed by atoms with Gasteiger partial charge in [-0.3, -0.25) is 9.59 Å². The Bertz CT molecular complexity index is 772. The molecule has 6 heteroatoms. The van der Waals surface area contributed by atoms with E-state index in [0.717, 1.165) is 0 Å². The summed E-state index contributed by atoms with van der Waals surface area (Å²) in [5.41, 5.74) is 1.27. The van der Waals surface area contributed by atoms with E-state index in [4.69, 9.17) is 27.9 Å². The predicted octanol–water partition coefficient (Wildman–Crippen LogP) is 4.57. The summed E-state index contributed by atoms with van der Waals surface area (Å²) < 4.78 is 4.98. The van der Waals surface area contributed by atoms with Gasteiger partial charge in [0.05, 0.1) is 5.02 Å². The van der Waals surface area contributed by atoms with Crippen LogP contribution in [0, 0.1) is 0 Å². The Morgan fingerprint density at radius 3 is 2.61 bits per heavy atom. The van der Waals surface area contributed by atoms with Gasteiger partial charge < -0.3 is 10.1 Å². The lowest BCUT2D eigenvalue weighted by Crippen LogP contribution is -2.07. The quantitative estimate of drug-likeness (QED) is 0.499. The molecule has 4 nitrogen and oxygen atoms in total. The van der Waals surface area contributed by atoms with Crippen molar-refractivity contribution >= 4 is 46.8 Å². The zero-order valence-corrected chi connectivity index (χ0v) is 13.7. The van der Waals surface area contributed by atoms with Crippen LogP contribution in [0.25, 0.3) is 6.08 Å². The third kappa shape index (κ3) is 5.43.